The van der Waals surface area contributed by atoms with E-state index in [1.807, 2.05) is 30.3 Å². The number of hydrazone groups is 1. The Morgan fingerprint density at radius 3 is 2.51 bits per heavy atom. The van der Waals surface area contributed by atoms with Crippen LogP contribution in [0.1, 0.15) is 36.4 Å². The highest BCUT2D eigenvalue weighted by Crippen LogP contribution is 2.44. The topological polar surface area (TPSA) is 58.7 Å². The molecular formula is C29H23F2N3O2S. The van der Waals surface area contributed by atoms with Crippen LogP contribution in [0, 0.1) is 17.6 Å². The van der Waals surface area contributed by atoms with E-state index in [9.17, 15) is 13.6 Å². The number of carbonyl (C=O) groups excluding carboxylic acids is 1. The molecule has 1 aliphatic heterocycles. The molecule has 1 aromatic heterocycles. The number of halogens is 2. The first kappa shape index (κ1) is 23.6. The van der Waals surface area contributed by atoms with E-state index in [0.29, 0.717) is 10.8 Å². The van der Waals surface area contributed by atoms with E-state index in [1.165, 1.54) is 36.0 Å². The van der Waals surface area contributed by atoms with Crippen molar-refractivity contribution in [2.24, 2.45) is 11.0 Å². The lowest BCUT2D eigenvalue weighted by Crippen LogP contribution is -2.32. The molecule has 0 spiro atoms. The van der Waals surface area contributed by atoms with Crippen molar-refractivity contribution < 1.29 is 18.0 Å². The molecule has 2 aliphatic rings. The van der Waals surface area contributed by atoms with Crippen LogP contribution in [0.2, 0.25) is 0 Å². The Morgan fingerprint density at radius 2 is 1.76 bits per heavy atom. The summed E-state index contributed by atoms with van der Waals surface area (Å²) in [6.45, 7) is 0. The van der Waals surface area contributed by atoms with Crippen LogP contribution < -0.4 is 0 Å². The second-order valence-corrected chi connectivity index (χ2v) is 10.1. The third kappa shape index (κ3) is 4.81. The predicted octanol–water partition coefficient (Wildman–Crippen LogP) is 7.02. The summed E-state index contributed by atoms with van der Waals surface area (Å²) in [4.78, 5) is 18.0. The van der Waals surface area contributed by atoms with E-state index in [0.717, 1.165) is 47.2 Å². The van der Waals surface area contributed by atoms with Gasteiger partial charge < -0.3 is 4.42 Å². The minimum Gasteiger partial charge on any atom is -0.431 e. The van der Waals surface area contributed by atoms with Crippen molar-refractivity contribution in [3.05, 3.63) is 101 Å². The van der Waals surface area contributed by atoms with E-state index >= 15 is 0 Å². The van der Waals surface area contributed by atoms with Crippen molar-refractivity contribution in [1.29, 1.82) is 0 Å². The van der Waals surface area contributed by atoms with Gasteiger partial charge in [0.05, 0.1) is 17.5 Å². The fourth-order valence-electron chi connectivity index (χ4n) is 5.06. The number of benzene rings is 3. The summed E-state index contributed by atoms with van der Waals surface area (Å²) in [6, 6.07) is 19.8. The monoisotopic (exact) mass is 515 g/mol. The molecule has 1 saturated carbocycles. The number of amides is 1. The largest absolute Gasteiger partial charge is 0.431 e. The molecule has 0 N–H and O–H groups in total. The predicted molar refractivity (Wildman–Crippen MR) is 140 cm³/mol. The van der Waals surface area contributed by atoms with Crippen molar-refractivity contribution >= 4 is 40.6 Å². The first-order valence-electron chi connectivity index (χ1n) is 12.2. The molecule has 0 unspecified atom stereocenters. The van der Waals surface area contributed by atoms with Crippen LogP contribution in [0.25, 0.3) is 17.2 Å². The summed E-state index contributed by atoms with van der Waals surface area (Å²) in [5.41, 5.74) is 5.04. The van der Waals surface area contributed by atoms with Crippen LogP contribution in [-0.2, 0) is 4.79 Å². The van der Waals surface area contributed by atoms with Crippen LogP contribution >= 0.6 is 11.8 Å². The molecule has 6 rings (SSSR count). The quantitative estimate of drug-likeness (QED) is 0.268. The molecule has 0 radical (unpaired) electrons. The van der Waals surface area contributed by atoms with Crippen LogP contribution in [0.3, 0.4) is 0 Å². The highest BCUT2D eigenvalue weighted by molar-refractivity contribution is 7.99. The van der Waals surface area contributed by atoms with E-state index < -0.39 is 0 Å². The van der Waals surface area contributed by atoms with E-state index in [2.05, 4.69) is 4.98 Å². The summed E-state index contributed by atoms with van der Waals surface area (Å²) in [5.74, 6) is -0.696. The Kier molecular flexibility index (Phi) is 6.34. The normalized spacial score (nSPS) is 20.3. The van der Waals surface area contributed by atoms with Crippen molar-refractivity contribution in [2.45, 2.75) is 30.5 Å². The SMILES string of the molecule is O=C(CSc1nc2ccccc2o1)N1N=C2/C(=C\c3ccc(F)cc3)CCC[C@@H]2[C@@H]1c1ccc(F)cc1. The van der Waals surface area contributed by atoms with Gasteiger partial charge in [-0.25, -0.2) is 18.8 Å². The average molecular weight is 516 g/mol. The fraction of sp³-hybridized carbons (Fsp3) is 0.207. The second-order valence-electron chi connectivity index (χ2n) is 9.18. The highest BCUT2D eigenvalue weighted by atomic mass is 32.2. The number of oxazole rings is 1. The van der Waals surface area contributed by atoms with Crippen molar-refractivity contribution in [3.63, 3.8) is 0 Å². The second kappa shape index (κ2) is 9.94. The van der Waals surface area contributed by atoms with E-state index in [-0.39, 0.29) is 35.3 Å². The molecule has 3 aromatic carbocycles. The third-order valence-corrected chi connectivity index (χ3v) is 7.59. The first-order chi connectivity index (χ1) is 18.0. The molecule has 0 saturated heterocycles. The van der Waals surface area contributed by atoms with Gasteiger partial charge >= 0.3 is 0 Å². The summed E-state index contributed by atoms with van der Waals surface area (Å²) < 4.78 is 32.9. The maximum absolute atomic E-state index is 13.7. The van der Waals surface area contributed by atoms with Gasteiger partial charge in [-0.05, 0) is 78.4 Å². The lowest BCUT2D eigenvalue weighted by molar-refractivity contribution is -0.130. The standard InChI is InChI=1S/C29H23F2N3O2S/c30-21-12-8-18(9-13-21)16-20-4-3-5-23-27(20)33-34(28(23)19-10-14-22(31)15-11-19)26(35)17-37-29-32-24-6-1-2-7-25(24)36-29/h1-2,6-16,23,28H,3-5,17H2/b20-16-/t23-,28-/m0/s1. The Morgan fingerprint density at radius 1 is 1.03 bits per heavy atom. The maximum atomic E-state index is 13.7. The summed E-state index contributed by atoms with van der Waals surface area (Å²) in [5, 5.41) is 6.81. The van der Waals surface area contributed by atoms with Crippen molar-refractivity contribution in [1.82, 2.24) is 9.99 Å². The van der Waals surface area contributed by atoms with Crippen molar-refractivity contribution in [3.8, 4) is 0 Å². The molecule has 2 heterocycles. The van der Waals surface area contributed by atoms with Gasteiger partial charge in [0.2, 0.25) is 0 Å². The minimum absolute atomic E-state index is 0.0100. The third-order valence-electron chi connectivity index (χ3n) is 6.77. The summed E-state index contributed by atoms with van der Waals surface area (Å²) >= 11 is 1.23. The number of allylic oxidation sites excluding steroid dienone is 1. The first-order valence-corrected chi connectivity index (χ1v) is 13.1. The average Bonchev–Trinajstić information content (AvgIpc) is 3.51. The Bertz CT molecular complexity index is 1480. The molecule has 0 bridgehead atoms. The van der Waals surface area contributed by atoms with Crippen LogP contribution in [0.4, 0.5) is 8.78 Å². The Hall–Kier alpha value is -3.78. The number of nitrogens with zero attached hydrogens (tertiary/aromatic N) is 3. The number of thioether (sulfide) groups is 1. The summed E-state index contributed by atoms with van der Waals surface area (Å²) in [6.07, 6.45) is 4.65. The molecule has 1 amide bonds. The number of rotatable bonds is 5. The molecule has 1 aliphatic carbocycles. The zero-order valence-electron chi connectivity index (χ0n) is 19.8. The van der Waals surface area contributed by atoms with Gasteiger partial charge in [-0.3, -0.25) is 4.79 Å². The molecule has 8 heteroatoms. The number of carbonyl (C=O) groups is 1. The molecule has 1 fully saturated rings. The Labute approximate surface area is 216 Å². The van der Waals surface area contributed by atoms with Crippen LogP contribution in [0.15, 0.2) is 93.1 Å². The van der Waals surface area contributed by atoms with Gasteiger partial charge in [-0.15, -0.1) is 0 Å². The Balaban J connectivity index is 1.31. The van der Waals surface area contributed by atoms with Gasteiger partial charge in [0.15, 0.2) is 5.58 Å². The van der Waals surface area contributed by atoms with Gasteiger partial charge in [0.1, 0.15) is 17.2 Å². The zero-order valence-corrected chi connectivity index (χ0v) is 20.6. The molecule has 186 valence electrons. The smallest absolute Gasteiger partial charge is 0.257 e. The van der Waals surface area contributed by atoms with Gasteiger partial charge in [-0.1, -0.05) is 48.2 Å². The zero-order chi connectivity index (χ0) is 25.4. The van der Waals surface area contributed by atoms with Gasteiger partial charge in [0.25, 0.3) is 11.1 Å². The highest BCUT2D eigenvalue weighted by Gasteiger charge is 2.43. The lowest BCUT2D eigenvalue weighted by atomic mass is 9.77. The number of para-hydroxylation sites is 2. The van der Waals surface area contributed by atoms with E-state index in [1.54, 1.807) is 29.3 Å². The van der Waals surface area contributed by atoms with Gasteiger partial charge in [-0.2, -0.15) is 5.10 Å². The molecule has 4 aromatic rings. The molecule has 2 atom stereocenters. The van der Waals surface area contributed by atoms with Crippen LogP contribution in [-0.4, -0.2) is 27.4 Å². The number of hydrogen-bond acceptors (Lipinski definition) is 5. The fourth-order valence-corrected chi connectivity index (χ4v) is 5.75. The molecule has 5 nitrogen and oxygen atoms in total. The molecule has 37 heavy (non-hydrogen) atoms. The lowest BCUT2D eigenvalue weighted by Gasteiger charge is -2.29. The molecular weight excluding hydrogens is 492 g/mol. The van der Waals surface area contributed by atoms with Crippen LogP contribution in [0.5, 0.6) is 0 Å². The summed E-state index contributed by atoms with van der Waals surface area (Å²) in [7, 11) is 0. The van der Waals surface area contributed by atoms with Crippen molar-refractivity contribution in [2.75, 3.05) is 5.75 Å². The number of fused-ring (bicyclic) bond motifs is 2. The minimum atomic E-state index is -0.329. The number of hydrogen-bond donors (Lipinski definition) is 0. The number of aromatic nitrogens is 1. The maximum Gasteiger partial charge on any atom is 0.257 e. The van der Waals surface area contributed by atoms with E-state index in [4.69, 9.17) is 9.52 Å². The van der Waals surface area contributed by atoms with Gasteiger partial charge in [0, 0.05) is 5.92 Å².